The fourth-order valence-corrected chi connectivity index (χ4v) is 3.45. The second kappa shape index (κ2) is 8.39. The van der Waals surface area contributed by atoms with Gasteiger partial charge in [-0.15, -0.1) is 0 Å². The molecule has 2 radical (unpaired) electrons. The first kappa shape index (κ1) is 13.3. The van der Waals surface area contributed by atoms with Gasteiger partial charge >= 0.3 is 108 Å². The first-order chi connectivity index (χ1) is 7.83. The summed E-state index contributed by atoms with van der Waals surface area (Å²) in [6.07, 6.45) is 5.67. The normalized spacial score (nSPS) is 10.6. The quantitative estimate of drug-likeness (QED) is 0.457. The third-order valence-electron chi connectivity index (χ3n) is 2.02. The van der Waals surface area contributed by atoms with Crippen LogP contribution in [0.5, 0.6) is 0 Å². The summed E-state index contributed by atoms with van der Waals surface area (Å²) in [5, 5.41) is 0. The molecule has 0 aliphatic rings. The van der Waals surface area contributed by atoms with E-state index in [4.69, 9.17) is 3.07 Å². The van der Waals surface area contributed by atoms with Crippen LogP contribution in [0.1, 0.15) is 25.3 Å². The fraction of sp³-hybridized carbons (Fsp3) is 0.308. The summed E-state index contributed by atoms with van der Waals surface area (Å²) in [5.74, 6) is -0.188. The molecule has 0 heterocycles. The van der Waals surface area contributed by atoms with E-state index in [1.54, 1.807) is 6.08 Å². The summed E-state index contributed by atoms with van der Waals surface area (Å²) < 4.78 is 6.33. The molecule has 1 aromatic rings. The van der Waals surface area contributed by atoms with E-state index < -0.39 is 21.6 Å². The van der Waals surface area contributed by atoms with Gasteiger partial charge in [0.25, 0.3) is 0 Å². The van der Waals surface area contributed by atoms with E-state index in [-0.39, 0.29) is 5.97 Å². The maximum absolute atomic E-state index is 11.3. The summed E-state index contributed by atoms with van der Waals surface area (Å²) in [6.45, 7) is 2.15. The topological polar surface area (TPSA) is 26.3 Å². The molecule has 0 fully saturated rings. The van der Waals surface area contributed by atoms with E-state index in [0.29, 0.717) is 0 Å². The number of rotatable bonds is 6. The molecular weight excluding hydrogens is 307 g/mol. The molecule has 0 bridgehead atoms. The van der Waals surface area contributed by atoms with Crippen molar-refractivity contribution >= 4 is 33.6 Å². The molecule has 3 heteroatoms. The minimum absolute atomic E-state index is 0.188. The molecule has 0 saturated carbocycles. The second-order valence-electron chi connectivity index (χ2n) is 3.41. The summed E-state index contributed by atoms with van der Waals surface area (Å²) >= 11 is -0.910. The van der Waals surface area contributed by atoms with E-state index in [1.807, 2.05) is 30.3 Å². The van der Waals surface area contributed by atoms with Gasteiger partial charge in [-0.05, 0) is 0 Å². The van der Waals surface area contributed by atoms with Crippen molar-refractivity contribution in [2.75, 3.05) is 0 Å². The van der Waals surface area contributed by atoms with E-state index in [0.717, 1.165) is 10.0 Å². The summed E-state index contributed by atoms with van der Waals surface area (Å²) in [4.78, 5) is 11.3. The predicted octanol–water partition coefficient (Wildman–Crippen LogP) is 3.08. The minimum atomic E-state index is -0.910. The molecular formula is C13H16O2Sn. The molecule has 0 atom stereocenters. The monoisotopic (exact) mass is 324 g/mol. The first-order valence-corrected chi connectivity index (χ1v) is 8.68. The van der Waals surface area contributed by atoms with Gasteiger partial charge in [-0.2, -0.15) is 0 Å². The van der Waals surface area contributed by atoms with Crippen LogP contribution in [0.15, 0.2) is 36.4 Å². The van der Waals surface area contributed by atoms with Crippen LogP contribution in [0.4, 0.5) is 0 Å². The Hall–Kier alpha value is -0.771. The van der Waals surface area contributed by atoms with Gasteiger partial charge in [-0.1, -0.05) is 0 Å². The zero-order chi connectivity index (χ0) is 11.6. The van der Waals surface area contributed by atoms with E-state index >= 15 is 0 Å². The van der Waals surface area contributed by atoms with Crippen LogP contribution in [-0.2, 0) is 7.87 Å². The summed E-state index contributed by atoms with van der Waals surface area (Å²) in [7, 11) is 0. The summed E-state index contributed by atoms with van der Waals surface area (Å²) in [6, 6.07) is 9.77. The Kier molecular flexibility index (Phi) is 6.97. The van der Waals surface area contributed by atoms with Crippen LogP contribution in [0.3, 0.4) is 0 Å². The van der Waals surface area contributed by atoms with Crippen LogP contribution in [0.25, 0.3) is 6.08 Å². The van der Waals surface area contributed by atoms with Crippen molar-refractivity contribution in [3.8, 4) is 0 Å². The third-order valence-corrected chi connectivity index (χ3v) is 4.59. The average molecular weight is 323 g/mol. The Morgan fingerprint density at radius 1 is 1.38 bits per heavy atom. The molecule has 1 aromatic carbocycles. The van der Waals surface area contributed by atoms with Crippen LogP contribution in [0, 0.1) is 0 Å². The Morgan fingerprint density at radius 2 is 2.12 bits per heavy atom. The van der Waals surface area contributed by atoms with Gasteiger partial charge < -0.3 is 0 Å². The van der Waals surface area contributed by atoms with Gasteiger partial charge in [0.1, 0.15) is 0 Å². The number of carbonyl (C=O) groups is 1. The fourth-order valence-electron chi connectivity index (χ4n) is 1.13. The SMILES string of the molecule is CCC[CH2][Sn][O]C(=O)/C=C/c1ccccc1. The Morgan fingerprint density at radius 3 is 2.81 bits per heavy atom. The van der Waals surface area contributed by atoms with Gasteiger partial charge in [0.05, 0.1) is 0 Å². The molecule has 0 aliphatic carbocycles. The van der Waals surface area contributed by atoms with Crippen molar-refractivity contribution in [2.45, 2.75) is 24.2 Å². The van der Waals surface area contributed by atoms with Crippen molar-refractivity contribution in [3.05, 3.63) is 42.0 Å². The van der Waals surface area contributed by atoms with Crippen LogP contribution in [-0.4, -0.2) is 27.5 Å². The Labute approximate surface area is 107 Å². The Bertz CT molecular complexity index is 333. The van der Waals surface area contributed by atoms with Gasteiger partial charge in [0.2, 0.25) is 0 Å². The van der Waals surface area contributed by atoms with Crippen molar-refractivity contribution in [2.24, 2.45) is 0 Å². The standard InChI is InChI=1S/C9H8O2.C4H9.Sn/c10-9(11)7-6-8-4-2-1-3-5-8;1-3-4-2;/h1-7H,(H,10,11);1,3-4H2,2H3;/q;;+1/p-1/b7-6+;;. The van der Waals surface area contributed by atoms with Crippen LogP contribution >= 0.6 is 0 Å². The molecule has 0 N–H and O–H groups in total. The second-order valence-corrected chi connectivity index (χ2v) is 6.25. The van der Waals surface area contributed by atoms with Crippen molar-refractivity contribution in [3.63, 3.8) is 0 Å². The van der Waals surface area contributed by atoms with E-state index in [9.17, 15) is 4.79 Å². The Balaban J connectivity index is 2.26. The molecule has 84 valence electrons. The van der Waals surface area contributed by atoms with Crippen molar-refractivity contribution < 1.29 is 7.87 Å². The van der Waals surface area contributed by atoms with Crippen LogP contribution in [0.2, 0.25) is 4.44 Å². The molecule has 1 rings (SSSR count). The maximum atomic E-state index is 11.3. The molecule has 16 heavy (non-hydrogen) atoms. The van der Waals surface area contributed by atoms with Gasteiger partial charge in [-0.25, -0.2) is 0 Å². The van der Waals surface area contributed by atoms with Gasteiger partial charge in [0.15, 0.2) is 0 Å². The molecule has 0 unspecified atom stereocenters. The zero-order valence-electron chi connectivity index (χ0n) is 9.48. The molecule has 0 aliphatic heterocycles. The van der Waals surface area contributed by atoms with E-state index in [1.165, 1.54) is 18.9 Å². The number of unbranched alkanes of at least 4 members (excludes halogenated alkanes) is 1. The molecule has 0 amide bonds. The third kappa shape index (κ3) is 5.95. The van der Waals surface area contributed by atoms with Crippen LogP contribution < -0.4 is 0 Å². The van der Waals surface area contributed by atoms with Crippen molar-refractivity contribution in [1.82, 2.24) is 0 Å². The number of hydrogen-bond donors (Lipinski definition) is 0. The molecule has 2 nitrogen and oxygen atoms in total. The van der Waals surface area contributed by atoms with Gasteiger partial charge in [0, 0.05) is 0 Å². The number of carbonyl (C=O) groups excluding carboxylic acids is 1. The predicted molar refractivity (Wildman–Crippen MR) is 67.0 cm³/mol. The number of hydrogen-bond acceptors (Lipinski definition) is 2. The van der Waals surface area contributed by atoms with Crippen molar-refractivity contribution in [1.29, 1.82) is 0 Å². The zero-order valence-corrected chi connectivity index (χ0v) is 12.3. The van der Waals surface area contributed by atoms with E-state index in [2.05, 4.69) is 6.92 Å². The number of benzene rings is 1. The molecule has 0 spiro atoms. The average Bonchev–Trinajstić information content (AvgIpc) is 2.33. The molecule has 0 aromatic heterocycles. The molecule has 0 saturated heterocycles. The van der Waals surface area contributed by atoms with Gasteiger partial charge in [-0.3, -0.25) is 0 Å². The summed E-state index contributed by atoms with van der Waals surface area (Å²) in [5.41, 5.74) is 1.03. The first-order valence-electron chi connectivity index (χ1n) is 5.49.